The summed E-state index contributed by atoms with van der Waals surface area (Å²) in [4.78, 5) is 23.0. The van der Waals surface area contributed by atoms with Crippen LogP contribution in [0.4, 0.5) is 0 Å². The van der Waals surface area contributed by atoms with E-state index < -0.39 is 23.5 Å². The van der Waals surface area contributed by atoms with Crippen LogP contribution in [0.15, 0.2) is 11.8 Å². The molecule has 4 N–H and O–H groups in total. The fourth-order valence-corrected chi connectivity index (χ4v) is 1.39. The van der Waals surface area contributed by atoms with Crippen molar-refractivity contribution in [1.82, 2.24) is 10.6 Å². The zero-order valence-electron chi connectivity index (χ0n) is 12.8. The number of hydrogen-bond donors (Lipinski definition) is 4. The highest BCUT2D eigenvalue weighted by Gasteiger charge is 2.23. The van der Waals surface area contributed by atoms with Crippen LogP contribution in [-0.2, 0) is 9.59 Å². The summed E-state index contributed by atoms with van der Waals surface area (Å²) in [5, 5.41) is 32.2. The first-order valence-electron chi connectivity index (χ1n) is 6.65. The first-order chi connectivity index (χ1) is 9.62. The predicted molar refractivity (Wildman–Crippen MR) is 77.0 cm³/mol. The van der Waals surface area contributed by atoms with E-state index in [0.29, 0.717) is 0 Å². The van der Waals surface area contributed by atoms with Crippen LogP contribution >= 0.6 is 0 Å². The molecular weight excluding hydrogens is 274 g/mol. The van der Waals surface area contributed by atoms with Gasteiger partial charge in [-0.3, -0.25) is 4.79 Å². The van der Waals surface area contributed by atoms with Crippen LogP contribution in [-0.4, -0.2) is 40.3 Å². The van der Waals surface area contributed by atoms with Crippen molar-refractivity contribution in [3.8, 4) is 6.07 Å². The molecule has 0 radical (unpaired) electrons. The number of rotatable bonds is 8. The number of hydrogen-bond acceptors (Lipinski definition) is 5. The maximum Gasteiger partial charge on any atom is 0.326 e. The van der Waals surface area contributed by atoms with Gasteiger partial charge in [0, 0.05) is 6.20 Å². The number of aliphatic carboxylic acids is 1. The molecule has 0 fully saturated rings. The third kappa shape index (κ3) is 7.32. The lowest BCUT2D eigenvalue weighted by Crippen LogP contribution is -2.43. The fraction of sp³-hybridized carbons (Fsp3) is 0.643. The monoisotopic (exact) mass is 297 g/mol. The second-order valence-corrected chi connectivity index (χ2v) is 5.85. The lowest BCUT2D eigenvalue weighted by atomic mass is 10.0. The van der Waals surface area contributed by atoms with E-state index in [1.165, 1.54) is 6.20 Å². The first kappa shape index (κ1) is 18.9. The Balaban J connectivity index is 4.90. The molecule has 0 heterocycles. The molecule has 0 spiro atoms. The molecule has 7 heteroatoms. The quantitative estimate of drug-likeness (QED) is 0.379. The van der Waals surface area contributed by atoms with Gasteiger partial charge in [0.15, 0.2) is 0 Å². The molecule has 0 saturated heterocycles. The molecular formula is C14H23N3O4. The zero-order chi connectivity index (χ0) is 16.6. The summed E-state index contributed by atoms with van der Waals surface area (Å²) in [6, 6.07) is 0.667. The highest BCUT2D eigenvalue weighted by molar-refractivity contribution is 5.99. The number of aliphatic hydroxyl groups is 1. The van der Waals surface area contributed by atoms with Crippen LogP contribution in [0.5, 0.6) is 0 Å². The highest BCUT2D eigenvalue weighted by atomic mass is 16.4. The van der Waals surface area contributed by atoms with Crippen LogP contribution in [0.1, 0.15) is 34.1 Å². The average molecular weight is 297 g/mol. The number of aliphatic hydroxyl groups excluding tert-OH is 1. The van der Waals surface area contributed by atoms with Gasteiger partial charge in [0.2, 0.25) is 0 Å². The third-order valence-corrected chi connectivity index (χ3v) is 2.68. The number of carboxylic acid groups (broad SMARTS) is 1. The smallest absolute Gasteiger partial charge is 0.326 e. The van der Waals surface area contributed by atoms with E-state index in [4.69, 9.17) is 15.5 Å². The molecule has 0 bridgehead atoms. The van der Waals surface area contributed by atoms with E-state index in [1.54, 1.807) is 19.9 Å². The molecule has 7 nitrogen and oxygen atoms in total. The summed E-state index contributed by atoms with van der Waals surface area (Å²) in [7, 11) is 0. The summed E-state index contributed by atoms with van der Waals surface area (Å²) in [5.74, 6) is -1.81. The van der Waals surface area contributed by atoms with Gasteiger partial charge in [-0.2, -0.15) is 5.26 Å². The number of amides is 1. The maximum atomic E-state index is 11.9. The Bertz CT molecular complexity index is 450. The van der Waals surface area contributed by atoms with E-state index in [2.05, 4.69) is 10.6 Å². The normalized spacial score (nSPS) is 13.5. The van der Waals surface area contributed by atoms with Crippen molar-refractivity contribution in [1.29, 1.82) is 5.26 Å². The Morgan fingerprint density at radius 2 is 1.95 bits per heavy atom. The first-order valence-corrected chi connectivity index (χ1v) is 6.65. The second-order valence-electron chi connectivity index (χ2n) is 5.85. The lowest BCUT2D eigenvalue weighted by Gasteiger charge is -2.22. The fourth-order valence-electron chi connectivity index (χ4n) is 1.39. The van der Waals surface area contributed by atoms with Crippen molar-refractivity contribution in [2.24, 2.45) is 5.92 Å². The summed E-state index contributed by atoms with van der Waals surface area (Å²) < 4.78 is 0. The molecule has 0 aromatic heterocycles. The summed E-state index contributed by atoms with van der Waals surface area (Å²) in [5.41, 5.74) is -0.932. The minimum atomic E-state index is -1.14. The number of carbonyl (C=O) groups is 2. The third-order valence-electron chi connectivity index (χ3n) is 2.68. The second kappa shape index (κ2) is 8.27. The molecule has 0 aromatic carbocycles. The average Bonchev–Trinajstić information content (AvgIpc) is 2.37. The maximum absolute atomic E-state index is 11.9. The molecule has 0 aliphatic heterocycles. The number of nitrogens with zero attached hydrogens (tertiary/aromatic N) is 1. The van der Waals surface area contributed by atoms with E-state index >= 15 is 0 Å². The Hall–Kier alpha value is -2.07. The summed E-state index contributed by atoms with van der Waals surface area (Å²) in [6.07, 6.45) is 1.45. The summed E-state index contributed by atoms with van der Waals surface area (Å²) in [6.45, 7) is 6.88. The topological polar surface area (TPSA) is 122 Å². The van der Waals surface area contributed by atoms with Gasteiger partial charge in [-0.1, -0.05) is 13.8 Å². The van der Waals surface area contributed by atoms with Crippen molar-refractivity contribution in [2.45, 2.75) is 45.7 Å². The van der Waals surface area contributed by atoms with Crippen LogP contribution in [0.2, 0.25) is 0 Å². The Kier molecular flexibility index (Phi) is 7.45. The Morgan fingerprint density at radius 3 is 2.33 bits per heavy atom. The largest absolute Gasteiger partial charge is 0.480 e. The summed E-state index contributed by atoms with van der Waals surface area (Å²) >= 11 is 0. The molecule has 0 aromatic rings. The van der Waals surface area contributed by atoms with Crippen molar-refractivity contribution in [2.75, 3.05) is 6.61 Å². The SMILES string of the molecule is CC(C)CC(NC(=O)/C(C#N)=C\NC(C)(C)CO)C(=O)O. The van der Waals surface area contributed by atoms with Crippen molar-refractivity contribution >= 4 is 11.9 Å². The molecule has 1 unspecified atom stereocenters. The standard InChI is InChI=1S/C14H23N3O4/c1-9(2)5-11(13(20)21)17-12(19)10(6-15)7-16-14(3,4)8-18/h7,9,11,16,18H,5,8H2,1-4H3,(H,17,19)(H,20,21)/b10-7-. The van der Waals surface area contributed by atoms with Crippen molar-refractivity contribution in [3.63, 3.8) is 0 Å². The van der Waals surface area contributed by atoms with E-state index in [-0.39, 0.29) is 24.5 Å². The molecule has 1 atom stereocenters. The molecule has 1 amide bonds. The van der Waals surface area contributed by atoms with Crippen LogP contribution < -0.4 is 10.6 Å². The molecule has 21 heavy (non-hydrogen) atoms. The van der Waals surface area contributed by atoms with Gasteiger partial charge in [-0.15, -0.1) is 0 Å². The van der Waals surface area contributed by atoms with Gasteiger partial charge in [0.05, 0.1) is 12.1 Å². The molecule has 0 aliphatic rings. The van der Waals surface area contributed by atoms with Gasteiger partial charge in [0.25, 0.3) is 5.91 Å². The highest BCUT2D eigenvalue weighted by Crippen LogP contribution is 2.06. The number of carboxylic acids is 1. The minimum absolute atomic E-state index is 0.0902. The van der Waals surface area contributed by atoms with Crippen molar-refractivity contribution < 1.29 is 19.8 Å². The molecule has 0 saturated carbocycles. The van der Waals surface area contributed by atoms with Crippen molar-refractivity contribution in [3.05, 3.63) is 11.8 Å². The molecule has 118 valence electrons. The van der Waals surface area contributed by atoms with Gasteiger partial charge >= 0.3 is 5.97 Å². The van der Waals surface area contributed by atoms with Crippen LogP contribution in [0.25, 0.3) is 0 Å². The lowest BCUT2D eigenvalue weighted by molar-refractivity contribution is -0.141. The van der Waals surface area contributed by atoms with Gasteiger partial charge in [-0.05, 0) is 26.2 Å². The Morgan fingerprint density at radius 1 is 1.38 bits per heavy atom. The predicted octanol–water partition coefficient (Wildman–Crippen LogP) is 0.370. The van der Waals surface area contributed by atoms with Gasteiger partial charge in [-0.25, -0.2) is 4.79 Å². The number of carbonyl (C=O) groups excluding carboxylic acids is 1. The number of nitriles is 1. The van der Waals surface area contributed by atoms with Crippen LogP contribution in [0.3, 0.4) is 0 Å². The van der Waals surface area contributed by atoms with Gasteiger partial charge < -0.3 is 20.8 Å². The number of nitrogens with one attached hydrogen (secondary N) is 2. The van der Waals surface area contributed by atoms with Crippen LogP contribution in [0, 0.1) is 17.2 Å². The molecule has 0 aliphatic carbocycles. The van der Waals surface area contributed by atoms with E-state index in [1.807, 2.05) is 13.8 Å². The Labute approximate surface area is 124 Å². The zero-order valence-corrected chi connectivity index (χ0v) is 12.8. The van der Waals surface area contributed by atoms with Gasteiger partial charge in [0.1, 0.15) is 17.7 Å². The molecule has 0 rings (SSSR count). The van der Waals surface area contributed by atoms with E-state index in [0.717, 1.165) is 0 Å². The minimum Gasteiger partial charge on any atom is -0.480 e. The van der Waals surface area contributed by atoms with E-state index in [9.17, 15) is 9.59 Å².